The Morgan fingerprint density at radius 1 is 0.914 bits per heavy atom. The molecule has 3 aromatic carbocycles. The number of nitrogens with zero attached hydrogens (tertiary/aromatic N) is 1. The van der Waals surface area contributed by atoms with Gasteiger partial charge in [0.1, 0.15) is 17.5 Å². The summed E-state index contributed by atoms with van der Waals surface area (Å²) in [5.74, 6) is -0.688. The number of halogens is 1. The zero-order chi connectivity index (χ0) is 24.9. The van der Waals surface area contributed by atoms with Crippen molar-refractivity contribution >= 4 is 29.3 Å². The summed E-state index contributed by atoms with van der Waals surface area (Å²) in [7, 11) is 2.93. The Morgan fingerprint density at radius 3 is 2.34 bits per heavy atom. The van der Waals surface area contributed by atoms with Crippen LogP contribution >= 0.6 is 11.6 Å². The first kappa shape index (κ1) is 24.3. The molecule has 4 rings (SSSR count). The van der Waals surface area contributed by atoms with E-state index in [4.69, 9.17) is 25.8 Å². The number of hydrogen-bond acceptors (Lipinski definition) is 6. The van der Waals surface area contributed by atoms with Crippen molar-refractivity contribution in [3.8, 4) is 11.5 Å². The number of carbonyl (C=O) groups is 3. The fourth-order valence-electron chi connectivity index (χ4n) is 4.08. The van der Waals surface area contributed by atoms with Crippen LogP contribution < -0.4 is 9.47 Å². The molecule has 1 amide bonds. The molecule has 0 unspecified atom stereocenters. The topological polar surface area (TPSA) is 82.1 Å². The standard InChI is InChI=1S/C27H24ClNO6/c1-33-19-11-12-25(34-2)21(14-19)24(30)16-35-27(32)23-13-17-7-3-4-8-18(17)15-29(23)26(31)20-9-5-6-10-22(20)28/h3-12,14,23H,13,15-16H2,1-2H3/t23-/m1/s1. The van der Waals surface area contributed by atoms with E-state index in [2.05, 4.69) is 0 Å². The summed E-state index contributed by atoms with van der Waals surface area (Å²) in [4.78, 5) is 40.9. The van der Waals surface area contributed by atoms with Gasteiger partial charge in [-0.1, -0.05) is 48.0 Å². The fourth-order valence-corrected chi connectivity index (χ4v) is 4.30. The van der Waals surface area contributed by atoms with Gasteiger partial charge in [0.2, 0.25) is 5.78 Å². The third kappa shape index (κ3) is 5.15. The molecule has 0 aliphatic carbocycles. The summed E-state index contributed by atoms with van der Waals surface area (Å²) in [6.07, 6.45) is 0.266. The normalized spacial score (nSPS) is 14.6. The number of amides is 1. The quantitative estimate of drug-likeness (QED) is 0.359. The average Bonchev–Trinajstić information content (AvgIpc) is 2.90. The van der Waals surface area contributed by atoms with E-state index in [1.807, 2.05) is 24.3 Å². The van der Waals surface area contributed by atoms with Gasteiger partial charge in [-0.2, -0.15) is 0 Å². The van der Waals surface area contributed by atoms with Crippen LogP contribution in [0, 0.1) is 0 Å². The number of rotatable bonds is 7. The maximum atomic E-state index is 13.4. The van der Waals surface area contributed by atoms with Crippen LogP contribution in [0.25, 0.3) is 0 Å². The van der Waals surface area contributed by atoms with E-state index in [-0.39, 0.29) is 24.4 Å². The third-order valence-electron chi connectivity index (χ3n) is 5.94. The Morgan fingerprint density at radius 2 is 1.63 bits per heavy atom. The number of hydrogen-bond donors (Lipinski definition) is 0. The molecule has 3 aromatic rings. The molecule has 0 radical (unpaired) electrons. The van der Waals surface area contributed by atoms with Crippen LogP contribution in [0.3, 0.4) is 0 Å². The molecule has 35 heavy (non-hydrogen) atoms. The lowest BCUT2D eigenvalue weighted by atomic mass is 9.93. The molecule has 0 saturated heterocycles. The zero-order valence-electron chi connectivity index (χ0n) is 19.3. The van der Waals surface area contributed by atoms with Crippen molar-refractivity contribution < 1.29 is 28.6 Å². The van der Waals surface area contributed by atoms with Gasteiger partial charge < -0.3 is 19.1 Å². The van der Waals surface area contributed by atoms with Crippen LogP contribution in [0.2, 0.25) is 5.02 Å². The molecule has 0 saturated carbocycles. The smallest absolute Gasteiger partial charge is 0.329 e. The van der Waals surface area contributed by atoms with Gasteiger partial charge in [0, 0.05) is 13.0 Å². The summed E-state index contributed by atoms with van der Waals surface area (Å²) in [5.41, 5.74) is 2.41. The molecule has 0 N–H and O–H groups in total. The summed E-state index contributed by atoms with van der Waals surface area (Å²) < 4.78 is 15.9. The number of carbonyl (C=O) groups excluding carboxylic acids is 3. The molecule has 1 atom stereocenters. The highest BCUT2D eigenvalue weighted by atomic mass is 35.5. The molecular weight excluding hydrogens is 470 g/mol. The van der Waals surface area contributed by atoms with Crippen molar-refractivity contribution in [2.24, 2.45) is 0 Å². The second-order valence-electron chi connectivity index (χ2n) is 8.00. The fraction of sp³-hybridized carbons (Fsp3) is 0.222. The molecule has 1 heterocycles. The third-order valence-corrected chi connectivity index (χ3v) is 6.27. The van der Waals surface area contributed by atoms with E-state index >= 15 is 0 Å². The van der Waals surface area contributed by atoms with Crippen LogP contribution in [-0.2, 0) is 22.5 Å². The van der Waals surface area contributed by atoms with Crippen molar-refractivity contribution in [1.82, 2.24) is 4.90 Å². The van der Waals surface area contributed by atoms with Crippen molar-refractivity contribution in [1.29, 1.82) is 0 Å². The van der Waals surface area contributed by atoms with E-state index in [9.17, 15) is 14.4 Å². The average molecular weight is 494 g/mol. The van der Waals surface area contributed by atoms with Crippen molar-refractivity contribution in [2.45, 2.75) is 19.0 Å². The monoisotopic (exact) mass is 493 g/mol. The van der Waals surface area contributed by atoms with Gasteiger partial charge in [0.05, 0.1) is 30.4 Å². The van der Waals surface area contributed by atoms with Crippen LogP contribution in [-0.4, -0.2) is 49.4 Å². The predicted octanol–water partition coefficient (Wildman–Crippen LogP) is 4.35. The Kier molecular flexibility index (Phi) is 7.36. The Bertz CT molecular complexity index is 1270. The van der Waals surface area contributed by atoms with E-state index in [1.165, 1.54) is 25.2 Å². The van der Waals surface area contributed by atoms with Gasteiger partial charge in [0.25, 0.3) is 5.91 Å². The van der Waals surface area contributed by atoms with Crippen LogP contribution in [0.5, 0.6) is 11.5 Å². The summed E-state index contributed by atoms with van der Waals surface area (Å²) >= 11 is 6.26. The van der Waals surface area contributed by atoms with E-state index in [0.717, 1.165) is 11.1 Å². The Hall–Kier alpha value is -3.84. The van der Waals surface area contributed by atoms with E-state index in [0.29, 0.717) is 22.1 Å². The first-order valence-corrected chi connectivity index (χ1v) is 11.3. The van der Waals surface area contributed by atoms with Gasteiger partial charge in [-0.15, -0.1) is 0 Å². The van der Waals surface area contributed by atoms with E-state index in [1.54, 1.807) is 36.4 Å². The van der Waals surface area contributed by atoms with Gasteiger partial charge in [-0.3, -0.25) is 9.59 Å². The number of ketones is 1. The molecule has 180 valence electrons. The lowest BCUT2D eigenvalue weighted by Gasteiger charge is -2.35. The van der Waals surface area contributed by atoms with Crippen LogP contribution in [0.15, 0.2) is 66.7 Å². The molecule has 0 aromatic heterocycles. The largest absolute Gasteiger partial charge is 0.497 e. The van der Waals surface area contributed by atoms with Crippen molar-refractivity contribution in [3.05, 3.63) is 94.0 Å². The SMILES string of the molecule is COc1ccc(OC)c(C(=O)COC(=O)[C@H]2Cc3ccccc3CN2C(=O)c2ccccc2Cl)c1. The number of esters is 1. The van der Waals surface area contributed by atoms with Crippen LogP contribution in [0.1, 0.15) is 31.8 Å². The molecule has 0 spiro atoms. The highest BCUT2D eigenvalue weighted by Crippen LogP contribution is 2.28. The second kappa shape index (κ2) is 10.6. The van der Waals surface area contributed by atoms with Crippen molar-refractivity contribution in [2.75, 3.05) is 20.8 Å². The summed E-state index contributed by atoms with van der Waals surface area (Å²) in [6, 6.07) is 18.2. The highest BCUT2D eigenvalue weighted by molar-refractivity contribution is 6.33. The molecular formula is C27H24ClNO6. The Labute approximate surface area is 208 Å². The Balaban J connectivity index is 1.56. The minimum Gasteiger partial charge on any atom is -0.497 e. The molecule has 1 aliphatic rings. The van der Waals surface area contributed by atoms with Gasteiger partial charge in [-0.05, 0) is 41.5 Å². The van der Waals surface area contributed by atoms with E-state index < -0.39 is 24.4 Å². The minimum atomic E-state index is -0.909. The molecule has 7 nitrogen and oxygen atoms in total. The van der Waals surface area contributed by atoms with Gasteiger partial charge in [-0.25, -0.2) is 4.79 Å². The number of ether oxygens (including phenoxy) is 3. The number of benzene rings is 3. The van der Waals surface area contributed by atoms with Gasteiger partial charge in [0.15, 0.2) is 6.61 Å². The number of Topliss-reactive ketones (excluding diaryl/α,β-unsaturated/α-hetero) is 1. The molecule has 0 bridgehead atoms. The second-order valence-corrected chi connectivity index (χ2v) is 8.41. The van der Waals surface area contributed by atoms with Crippen molar-refractivity contribution in [3.63, 3.8) is 0 Å². The number of fused-ring (bicyclic) bond motifs is 1. The minimum absolute atomic E-state index is 0.220. The summed E-state index contributed by atoms with van der Waals surface area (Å²) in [5, 5.41) is 0.295. The molecule has 1 aliphatic heterocycles. The molecule has 8 heteroatoms. The zero-order valence-corrected chi connectivity index (χ0v) is 20.1. The summed E-state index contributed by atoms with van der Waals surface area (Å²) in [6.45, 7) is -0.285. The maximum absolute atomic E-state index is 13.4. The number of methoxy groups -OCH3 is 2. The highest BCUT2D eigenvalue weighted by Gasteiger charge is 2.37. The lowest BCUT2D eigenvalue weighted by molar-refractivity contribution is -0.148. The predicted molar refractivity (Wildman–Crippen MR) is 130 cm³/mol. The molecule has 0 fully saturated rings. The lowest BCUT2D eigenvalue weighted by Crippen LogP contribution is -2.49. The maximum Gasteiger partial charge on any atom is 0.329 e. The first-order chi connectivity index (χ1) is 16.9. The van der Waals surface area contributed by atoms with Crippen LogP contribution in [0.4, 0.5) is 0 Å². The first-order valence-electron chi connectivity index (χ1n) is 11.0. The van der Waals surface area contributed by atoms with Gasteiger partial charge >= 0.3 is 5.97 Å².